The molecule has 4 heteroatoms. The van der Waals surface area contributed by atoms with Crippen molar-refractivity contribution in [3.8, 4) is 0 Å². The fraction of sp³-hybridized carbons (Fsp3) is 0.933. The Bertz CT molecular complexity index is 291. The van der Waals surface area contributed by atoms with Gasteiger partial charge >= 0.3 is 0 Å². The molecule has 0 bridgehead atoms. The van der Waals surface area contributed by atoms with E-state index in [1.807, 2.05) is 0 Å². The Kier molecular flexibility index (Phi) is 6.27. The molecule has 2 atom stereocenters. The van der Waals surface area contributed by atoms with Crippen LogP contribution in [0, 0.1) is 11.3 Å². The number of ether oxygens (including phenoxy) is 1. The van der Waals surface area contributed by atoms with Crippen molar-refractivity contribution in [3.05, 3.63) is 0 Å². The molecule has 0 radical (unpaired) electrons. The summed E-state index contributed by atoms with van der Waals surface area (Å²) in [5, 5.41) is 9.66. The molecule has 0 aromatic rings. The Labute approximate surface area is 117 Å². The summed E-state index contributed by atoms with van der Waals surface area (Å²) in [4.78, 5) is 13.8. The normalized spacial score (nSPS) is 23.9. The topological polar surface area (TPSA) is 49.8 Å². The van der Waals surface area contributed by atoms with Crippen molar-refractivity contribution in [2.45, 2.75) is 52.1 Å². The third-order valence-electron chi connectivity index (χ3n) is 4.42. The van der Waals surface area contributed by atoms with Gasteiger partial charge in [0.1, 0.15) is 0 Å². The second-order valence-electron chi connectivity index (χ2n) is 6.52. The third-order valence-corrected chi connectivity index (χ3v) is 4.42. The first-order valence-corrected chi connectivity index (χ1v) is 7.28. The summed E-state index contributed by atoms with van der Waals surface area (Å²) < 4.78 is 4.88. The number of hydrogen-bond acceptors (Lipinski definition) is 3. The molecular weight excluding hydrogens is 242 g/mol. The van der Waals surface area contributed by atoms with E-state index in [4.69, 9.17) is 4.74 Å². The van der Waals surface area contributed by atoms with E-state index < -0.39 is 6.10 Å². The Morgan fingerprint density at radius 1 is 1.47 bits per heavy atom. The summed E-state index contributed by atoms with van der Waals surface area (Å²) in [5.41, 5.74) is 0.264. The van der Waals surface area contributed by atoms with Crippen LogP contribution < -0.4 is 0 Å². The summed E-state index contributed by atoms with van der Waals surface area (Å²) in [7, 11) is 3.31. The highest BCUT2D eigenvalue weighted by Crippen LogP contribution is 2.42. The van der Waals surface area contributed by atoms with Crippen LogP contribution in [0.5, 0.6) is 0 Å². The van der Waals surface area contributed by atoms with E-state index in [1.54, 1.807) is 19.1 Å². The number of likely N-dealkylation sites (N-methyl/N-ethyl adjacent to an activating group) is 1. The zero-order valence-corrected chi connectivity index (χ0v) is 12.8. The summed E-state index contributed by atoms with van der Waals surface area (Å²) in [5.74, 6) is 0.603. The van der Waals surface area contributed by atoms with Gasteiger partial charge in [0.15, 0.2) is 0 Å². The molecule has 1 saturated carbocycles. The predicted molar refractivity (Wildman–Crippen MR) is 75.9 cm³/mol. The van der Waals surface area contributed by atoms with Crippen molar-refractivity contribution >= 4 is 5.91 Å². The van der Waals surface area contributed by atoms with Gasteiger partial charge in [-0.2, -0.15) is 0 Å². The van der Waals surface area contributed by atoms with Gasteiger partial charge in [-0.3, -0.25) is 4.79 Å². The van der Waals surface area contributed by atoms with Crippen molar-refractivity contribution in [1.82, 2.24) is 4.90 Å². The lowest BCUT2D eigenvalue weighted by atomic mass is 9.67. The van der Waals surface area contributed by atoms with E-state index in [9.17, 15) is 9.90 Å². The van der Waals surface area contributed by atoms with Gasteiger partial charge < -0.3 is 14.7 Å². The average Bonchev–Trinajstić information content (AvgIpc) is 2.31. The first-order valence-electron chi connectivity index (χ1n) is 7.28. The first kappa shape index (κ1) is 16.4. The number of hydrogen-bond donors (Lipinski definition) is 1. The molecule has 19 heavy (non-hydrogen) atoms. The Morgan fingerprint density at radius 3 is 2.74 bits per heavy atom. The molecule has 0 aromatic carbocycles. The molecule has 0 aromatic heterocycles. The molecular formula is C15H29NO3. The Hall–Kier alpha value is -0.610. The monoisotopic (exact) mass is 271 g/mol. The lowest BCUT2D eigenvalue weighted by Gasteiger charge is -2.39. The molecule has 0 heterocycles. The SMILES string of the molecule is COCC(O)CN(C)C(=O)CC1CCCCC1(C)C. The zero-order valence-electron chi connectivity index (χ0n) is 12.8. The number of aliphatic hydroxyl groups excluding tert-OH is 1. The van der Waals surface area contributed by atoms with Crippen LogP contribution in [0.1, 0.15) is 46.0 Å². The summed E-state index contributed by atoms with van der Waals surface area (Å²) in [6.45, 7) is 5.15. The van der Waals surface area contributed by atoms with Crippen LogP contribution in [0.15, 0.2) is 0 Å². The number of carbonyl (C=O) groups is 1. The van der Waals surface area contributed by atoms with Gasteiger partial charge in [0.2, 0.25) is 5.91 Å². The Morgan fingerprint density at radius 2 is 2.16 bits per heavy atom. The molecule has 0 aliphatic heterocycles. The highest BCUT2D eigenvalue weighted by molar-refractivity contribution is 5.76. The van der Waals surface area contributed by atoms with Crippen LogP contribution in [-0.2, 0) is 9.53 Å². The van der Waals surface area contributed by atoms with E-state index in [2.05, 4.69) is 13.8 Å². The van der Waals surface area contributed by atoms with Gasteiger partial charge in [-0.05, 0) is 24.2 Å². The highest BCUT2D eigenvalue weighted by atomic mass is 16.5. The summed E-state index contributed by atoms with van der Waals surface area (Å²) >= 11 is 0. The van der Waals surface area contributed by atoms with Crippen molar-refractivity contribution in [2.24, 2.45) is 11.3 Å². The lowest BCUT2D eigenvalue weighted by Crippen LogP contribution is -2.39. The summed E-state index contributed by atoms with van der Waals surface area (Å²) in [6.07, 6.45) is 4.87. The second kappa shape index (κ2) is 7.25. The number of amides is 1. The van der Waals surface area contributed by atoms with Gasteiger partial charge in [-0.15, -0.1) is 0 Å². The largest absolute Gasteiger partial charge is 0.389 e. The van der Waals surface area contributed by atoms with E-state index in [1.165, 1.54) is 19.3 Å². The number of methoxy groups -OCH3 is 1. The van der Waals surface area contributed by atoms with Crippen LogP contribution in [0.25, 0.3) is 0 Å². The molecule has 1 aliphatic carbocycles. The average molecular weight is 271 g/mol. The van der Waals surface area contributed by atoms with E-state index in [-0.39, 0.29) is 17.9 Å². The molecule has 1 rings (SSSR count). The van der Waals surface area contributed by atoms with Crippen LogP contribution >= 0.6 is 0 Å². The van der Waals surface area contributed by atoms with Crippen molar-refractivity contribution < 1.29 is 14.6 Å². The van der Waals surface area contributed by atoms with Gasteiger partial charge in [0.25, 0.3) is 0 Å². The third kappa shape index (κ3) is 5.11. The molecule has 112 valence electrons. The zero-order chi connectivity index (χ0) is 14.5. The fourth-order valence-corrected chi connectivity index (χ4v) is 2.97. The van der Waals surface area contributed by atoms with Crippen LogP contribution in [-0.4, -0.2) is 49.3 Å². The molecule has 2 unspecified atom stereocenters. The van der Waals surface area contributed by atoms with Gasteiger partial charge in [-0.1, -0.05) is 26.7 Å². The van der Waals surface area contributed by atoms with Crippen molar-refractivity contribution in [2.75, 3.05) is 27.3 Å². The van der Waals surface area contributed by atoms with Crippen molar-refractivity contribution in [3.63, 3.8) is 0 Å². The van der Waals surface area contributed by atoms with Crippen LogP contribution in [0.4, 0.5) is 0 Å². The van der Waals surface area contributed by atoms with Gasteiger partial charge in [0.05, 0.1) is 12.7 Å². The Balaban J connectivity index is 2.44. The molecule has 0 saturated heterocycles. The maximum atomic E-state index is 12.2. The van der Waals surface area contributed by atoms with Crippen molar-refractivity contribution in [1.29, 1.82) is 0 Å². The minimum Gasteiger partial charge on any atom is -0.389 e. The summed E-state index contributed by atoms with van der Waals surface area (Å²) in [6, 6.07) is 0. The number of nitrogens with zero attached hydrogens (tertiary/aromatic N) is 1. The maximum Gasteiger partial charge on any atom is 0.222 e. The predicted octanol–water partition coefficient (Wildman–Crippen LogP) is 2.06. The molecule has 1 amide bonds. The maximum absolute atomic E-state index is 12.2. The second-order valence-corrected chi connectivity index (χ2v) is 6.52. The number of rotatable bonds is 6. The molecule has 1 N–H and O–H groups in total. The van der Waals surface area contributed by atoms with E-state index in [0.29, 0.717) is 18.9 Å². The van der Waals surface area contributed by atoms with Crippen LogP contribution in [0.2, 0.25) is 0 Å². The fourth-order valence-electron chi connectivity index (χ4n) is 2.97. The molecule has 0 spiro atoms. The van der Waals surface area contributed by atoms with Crippen LogP contribution in [0.3, 0.4) is 0 Å². The quantitative estimate of drug-likeness (QED) is 0.804. The van der Waals surface area contributed by atoms with Gasteiger partial charge in [-0.25, -0.2) is 0 Å². The molecule has 4 nitrogen and oxygen atoms in total. The van der Waals surface area contributed by atoms with Gasteiger partial charge in [0, 0.05) is 27.1 Å². The number of carbonyl (C=O) groups excluding carboxylic acids is 1. The first-order chi connectivity index (χ1) is 8.86. The standard InChI is InChI=1S/C15H29NO3/c1-15(2)8-6-5-7-12(15)9-14(18)16(3)10-13(17)11-19-4/h12-13,17H,5-11H2,1-4H3. The lowest BCUT2D eigenvalue weighted by molar-refractivity contribution is -0.134. The molecule has 1 aliphatic rings. The smallest absolute Gasteiger partial charge is 0.222 e. The van der Waals surface area contributed by atoms with E-state index in [0.717, 1.165) is 6.42 Å². The minimum atomic E-state index is -0.599. The highest BCUT2D eigenvalue weighted by Gasteiger charge is 2.34. The molecule has 1 fully saturated rings. The number of aliphatic hydroxyl groups is 1. The van der Waals surface area contributed by atoms with E-state index >= 15 is 0 Å². The minimum absolute atomic E-state index is 0.134.